The number of rotatable bonds is 2. The molecule has 0 saturated carbocycles. The minimum Gasteiger partial charge on any atom is -0.800 e. The van der Waals surface area contributed by atoms with Crippen molar-refractivity contribution in [2.24, 2.45) is 0 Å². The molecule has 1 saturated heterocycles. The maximum Gasteiger partial charge on any atom is 0.0373 e. The number of nitrogens with zero attached hydrogens (tertiary/aromatic N) is 2. The number of piperazine rings is 1. The largest absolute Gasteiger partial charge is 0.800 e. The Kier molecular flexibility index (Phi) is 5.90. The summed E-state index contributed by atoms with van der Waals surface area (Å²) < 4.78 is -0.168. The smallest absolute Gasteiger partial charge is 0.0373 e. The van der Waals surface area contributed by atoms with E-state index in [1.54, 1.807) is 0 Å². The van der Waals surface area contributed by atoms with Crippen molar-refractivity contribution in [1.82, 2.24) is 4.90 Å². The van der Waals surface area contributed by atoms with E-state index in [9.17, 15) is 0 Å². The number of hydrogen-bond donors (Lipinski definition) is 0. The van der Waals surface area contributed by atoms with Crippen molar-refractivity contribution >= 4 is 41.7 Å². The number of benzene rings is 2. The summed E-state index contributed by atoms with van der Waals surface area (Å²) >= 11 is 10.3. The molecule has 20 heavy (non-hydrogen) atoms. The van der Waals surface area contributed by atoms with E-state index in [-0.39, 0.29) is 27.1 Å². The van der Waals surface area contributed by atoms with Crippen LogP contribution in [0.1, 0.15) is 0 Å². The van der Waals surface area contributed by atoms with Crippen LogP contribution >= 0.6 is 0 Å². The Hall–Kier alpha value is -0.0997. The molecule has 0 atom stereocenters. The van der Waals surface area contributed by atoms with Crippen LogP contribution in [-0.4, -0.2) is 35.8 Å². The molecule has 3 rings (SSSR count). The molecule has 1 aliphatic rings. The molecule has 1 radical (unpaired) electrons. The van der Waals surface area contributed by atoms with E-state index in [0.717, 1.165) is 26.2 Å². The summed E-state index contributed by atoms with van der Waals surface area (Å²) in [6.07, 6.45) is 0. The molecule has 2 nitrogen and oxygen atoms in total. The topological polar surface area (TPSA) is 6.48 Å². The van der Waals surface area contributed by atoms with Crippen molar-refractivity contribution in [3.05, 3.63) is 42.5 Å². The van der Waals surface area contributed by atoms with E-state index < -0.39 is 0 Å². The minimum absolute atomic E-state index is 0. The van der Waals surface area contributed by atoms with E-state index in [1.807, 2.05) is 0 Å². The van der Waals surface area contributed by atoms with Gasteiger partial charge >= 0.3 is 0 Å². The molecule has 1 aliphatic heterocycles. The molecular weight excluding hydrogens is 469 g/mol. The summed E-state index contributed by atoms with van der Waals surface area (Å²) in [7, 11) is 0. The van der Waals surface area contributed by atoms with Crippen LogP contribution in [0.3, 0.4) is 0 Å². The molecule has 0 bridgehead atoms. The number of anilines is 1. The summed E-state index contributed by atoms with van der Waals surface area (Å²) in [6.45, 7) is 3.93. The van der Waals surface area contributed by atoms with Gasteiger partial charge in [0.1, 0.15) is 0 Å². The first-order valence-corrected chi connectivity index (χ1v) is 7.48. The zero-order valence-corrected chi connectivity index (χ0v) is 14.8. The van der Waals surface area contributed by atoms with Crippen LogP contribution in [0.5, 0.6) is 0 Å². The van der Waals surface area contributed by atoms with Crippen LogP contribution in [-0.2, 0) is 47.6 Å². The Bertz CT molecular complexity index is 569. The Morgan fingerprint density at radius 2 is 1.50 bits per heavy atom. The predicted octanol–water partition coefficient (Wildman–Crippen LogP) is 2.34. The Morgan fingerprint density at radius 1 is 0.850 bits per heavy atom. The standard InChI is InChI=1S/C15H18N2S2.Au/c18-15(19)17-9-7-16(8-10-17)14-6-5-12-3-1-2-4-13(12)11-14;/h1-6,11,15,18-19H,7-10H2;/p-2. The van der Waals surface area contributed by atoms with Crippen molar-refractivity contribution in [2.45, 2.75) is 4.71 Å². The van der Waals surface area contributed by atoms with Gasteiger partial charge in [0.15, 0.2) is 0 Å². The molecule has 2 aromatic carbocycles. The maximum atomic E-state index is 5.14. The quantitative estimate of drug-likeness (QED) is 0.476. The molecule has 0 spiro atoms. The van der Waals surface area contributed by atoms with Gasteiger partial charge in [-0.3, -0.25) is 0 Å². The van der Waals surface area contributed by atoms with Crippen LogP contribution in [0.2, 0.25) is 0 Å². The zero-order chi connectivity index (χ0) is 13.2. The number of hydrogen-bond acceptors (Lipinski definition) is 4. The van der Waals surface area contributed by atoms with Gasteiger partial charge in [0, 0.05) is 54.2 Å². The second kappa shape index (κ2) is 7.25. The van der Waals surface area contributed by atoms with Gasteiger partial charge in [0.25, 0.3) is 0 Å². The van der Waals surface area contributed by atoms with Gasteiger partial charge in [0.2, 0.25) is 0 Å². The molecule has 0 amide bonds. The third-order valence-electron chi connectivity index (χ3n) is 3.71. The van der Waals surface area contributed by atoms with E-state index in [0.29, 0.717) is 0 Å². The second-order valence-corrected chi connectivity index (χ2v) is 6.05. The summed E-state index contributed by atoms with van der Waals surface area (Å²) in [4.78, 5) is 4.60. The summed E-state index contributed by atoms with van der Waals surface area (Å²) in [5.74, 6) is 0. The summed E-state index contributed by atoms with van der Waals surface area (Å²) in [5.41, 5.74) is 1.30. The first-order chi connectivity index (χ1) is 9.24. The van der Waals surface area contributed by atoms with Crippen LogP contribution in [0.25, 0.3) is 10.8 Å². The molecule has 111 valence electrons. The van der Waals surface area contributed by atoms with Crippen molar-refractivity contribution in [2.75, 3.05) is 31.1 Å². The number of fused-ring (bicyclic) bond motifs is 1. The second-order valence-electron chi connectivity index (χ2n) is 4.86. The fraction of sp³-hybridized carbons (Fsp3) is 0.333. The molecule has 1 heterocycles. The van der Waals surface area contributed by atoms with Crippen LogP contribution < -0.4 is 4.90 Å². The molecule has 0 N–H and O–H groups in total. The Balaban J connectivity index is 0.00000147. The Labute approximate surface area is 146 Å². The molecule has 2 aromatic rings. The molecule has 0 unspecified atom stereocenters. The fourth-order valence-corrected chi connectivity index (χ4v) is 2.99. The SMILES string of the molecule is [Au].[S-]C([S-])N1CCN(c2ccc3ccccc3c2)CC1. The monoisotopic (exact) mass is 485 g/mol. The average molecular weight is 485 g/mol. The molecular formula is C15H16AuN2S2-2. The third-order valence-corrected chi connectivity index (χ3v) is 4.31. The summed E-state index contributed by atoms with van der Waals surface area (Å²) in [6, 6.07) is 15.1. The maximum absolute atomic E-state index is 5.14. The first-order valence-electron chi connectivity index (χ1n) is 6.53. The van der Waals surface area contributed by atoms with Crippen LogP contribution in [0.4, 0.5) is 5.69 Å². The van der Waals surface area contributed by atoms with Gasteiger partial charge in [-0.25, -0.2) is 4.71 Å². The van der Waals surface area contributed by atoms with Gasteiger partial charge in [-0.05, 0) is 22.9 Å². The minimum atomic E-state index is -0.168. The van der Waals surface area contributed by atoms with E-state index in [4.69, 9.17) is 25.3 Å². The van der Waals surface area contributed by atoms with Crippen molar-refractivity contribution in [3.63, 3.8) is 0 Å². The summed E-state index contributed by atoms with van der Waals surface area (Å²) in [5, 5.41) is 2.59. The predicted molar refractivity (Wildman–Crippen MR) is 86.3 cm³/mol. The van der Waals surface area contributed by atoms with E-state index in [2.05, 4.69) is 52.3 Å². The molecule has 0 aliphatic carbocycles. The van der Waals surface area contributed by atoms with Gasteiger partial charge in [-0.15, -0.1) is 0 Å². The van der Waals surface area contributed by atoms with Gasteiger partial charge < -0.3 is 35.1 Å². The first kappa shape index (κ1) is 16.3. The third kappa shape index (κ3) is 3.56. The average Bonchev–Trinajstić information content (AvgIpc) is 2.47. The molecule has 1 fully saturated rings. The normalized spacial score (nSPS) is 16.4. The van der Waals surface area contributed by atoms with Crippen molar-refractivity contribution in [1.29, 1.82) is 0 Å². The van der Waals surface area contributed by atoms with E-state index >= 15 is 0 Å². The van der Waals surface area contributed by atoms with Crippen LogP contribution in [0, 0.1) is 0 Å². The van der Waals surface area contributed by atoms with E-state index in [1.165, 1.54) is 16.5 Å². The Morgan fingerprint density at radius 3 is 2.15 bits per heavy atom. The van der Waals surface area contributed by atoms with Crippen LogP contribution in [0.15, 0.2) is 42.5 Å². The van der Waals surface area contributed by atoms with Gasteiger partial charge in [0.05, 0.1) is 0 Å². The molecule has 0 aromatic heterocycles. The van der Waals surface area contributed by atoms with Gasteiger partial charge in [-0.2, -0.15) is 0 Å². The zero-order valence-electron chi connectivity index (χ0n) is 11.0. The fourth-order valence-electron chi connectivity index (χ4n) is 2.56. The molecule has 5 heteroatoms. The van der Waals surface area contributed by atoms with Gasteiger partial charge in [-0.1, -0.05) is 30.3 Å². The van der Waals surface area contributed by atoms with Crippen molar-refractivity contribution < 1.29 is 22.4 Å². The van der Waals surface area contributed by atoms with Crippen molar-refractivity contribution in [3.8, 4) is 0 Å².